The number of nitrogens with one attached hydrogen (secondary N) is 1. The Bertz CT molecular complexity index is 373. The first kappa shape index (κ1) is 13.6. The highest BCUT2D eigenvalue weighted by molar-refractivity contribution is 7.99. The van der Waals surface area contributed by atoms with Crippen LogP contribution in [0.25, 0.3) is 0 Å². The minimum atomic E-state index is 0.296. The van der Waals surface area contributed by atoms with Crippen molar-refractivity contribution >= 4 is 39.8 Å². The number of rotatable bonds is 6. The Hall–Kier alpha value is -0.440. The average Bonchev–Trinajstić information content (AvgIpc) is 2.59. The van der Waals surface area contributed by atoms with Crippen LogP contribution < -0.4 is 5.32 Å². The molecule has 0 aliphatic heterocycles. The summed E-state index contributed by atoms with van der Waals surface area (Å²) in [7, 11) is 0. The lowest BCUT2D eigenvalue weighted by Gasteiger charge is -2.11. The van der Waals surface area contributed by atoms with Crippen molar-refractivity contribution in [3.8, 4) is 6.07 Å². The first-order chi connectivity index (χ1) is 7.67. The Labute approximate surface area is 109 Å². The predicted octanol–water partition coefficient (Wildman–Crippen LogP) is 3.61. The Morgan fingerprint density at radius 3 is 3.00 bits per heavy atom. The van der Waals surface area contributed by atoms with Gasteiger partial charge in [-0.25, -0.2) is 4.98 Å². The van der Waals surface area contributed by atoms with Gasteiger partial charge in [-0.1, -0.05) is 29.9 Å². The molecule has 3 nitrogen and oxygen atoms in total. The molecule has 1 unspecified atom stereocenters. The van der Waals surface area contributed by atoms with Gasteiger partial charge in [-0.05, 0) is 24.9 Å². The minimum Gasteiger partial charge on any atom is -0.359 e. The van der Waals surface area contributed by atoms with Crippen molar-refractivity contribution in [1.29, 1.82) is 5.26 Å². The van der Waals surface area contributed by atoms with Crippen molar-refractivity contribution in [3.63, 3.8) is 0 Å². The molecule has 0 spiro atoms. The monoisotopic (exact) mass is 275 g/mol. The number of hydrogen-bond donors (Lipinski definition) is 1. The highest BCUT2D eigenvalue weighted by Gasteiger charge is 2.10. The maximum absolute atomic E-state index is 8.74. The molecule has 1 aromatic rings. The van der Waals surface area contributed by atoms with E-state index < -0.39 is 0 Å². The van der Waals surface area contributed by atoms with Crippen molar-refractivity contribution in [2.75, 3.05) is 16.8 Å². The standard InChI is InChI=1S/C10H14ClN3S2/c1-3-15-5-4-7(2)13-10-14-9(11)8(6-12)16-10/h7H,3-5H2,1-2H3,(H,13,14). The number of thiazole rings is 1. The molecule has 0 aliphatic carbocycles. The largest absolute Gasteiger partial charge is 0.359 e. The molecular formula is C10H14ClN3S2. The Morgan fingerprint density at radius 2 is 2.44 bits per heavy atom. The van der Waals surface area contributed by atoms with Crippen LogP contribution in [0.4, 0.5) is 5.13 Å². The van der Waals surface area contributed by atoms with Crippen LogP contribution in [0, 0.1) is 11.3 Å². The molecule has 88 valence electrons. The van der Waals surface area contributed by atoms with Crippen molar-refractivity contribution < 1.29 is 0 Å². The lowest BCUT2D eigenvalue weighted by Crippen LogP contribution is -2.15. The summed E-state index contributed by atoms with van der Waals surface area (Å²) in [6.45, 7) is 4.26. The maximum atomic E-state index is 8.74. The lowest BCUT2D eigenvalue weighted by atomic mass is 10.3. The first-order valence-electron chi connectivity index (χ1n) is 5.08. The summed E-state index contributed by atoms with van der Waals surface area (Å²) in [5.74, 6) is 2.28. The molecule has 1 aromatic heterocycles. The topological polar surface area (TPSA) is 48.7 Å². The second-order valence-electron chi connectivity index (χ2n) is 3.28. The number of anilines is 1. The van der Waals surface area contributed by atoms with Gasteiger partial charge in [0.05, 0.1) is 0 Å². The summed E-state index contributed by atoms with van der Waals surface area (Å²) in [4.78, 5) is 4.56. The third-order valence-electron chi connectivity index (χ3n) is 1.96. The zero-order valence-electron chi connectivity index (χ0n) is 9.29. The fraction of sp³-hybridized carbons (Fsp3) is 0.600. The van der Waals surface area contributed by atoms with E-state index in [1.807, 2.05) is 17.8 Å². The van der Waals surface area contributed by atoms with Gasteiger partial charge in [0.15, 0.2) is 10.3 Å². The van der Waals surface area contributed by atoms with E-state index in [1.54, 1.807) is 0 Å². The van der Waals surface area contributed by atoms with Crippen LogP contribution in [0.5, 0.6) is 0 Å². The van der Waals surface area contributed by atoms with Gasteiger partial charge in [0, 0.05) is 6.04 Å². The van der Waals surface area contributed by atoms with Crippen LogP contribution in [0.3, 0.4) is 0 Å². The van der Waals surface area contributed by atoms with Crippen LogP contribution in [0.2, 0.25) is 5.15 Å². The van der Waals surface area contributed by atoms with Crippen molar-refractivity contribution in [1.82, 2.24) is 4.98 Å². The van der Waals surface area contributed by atoms with Crippen molar-refractivity contribution in [2.24, 2.45) is 0 Å². The second kappa shape index (κ2) is 7.00. The van der Waals surface area contributed by atoms with Crippen LogP contribution in [-0.2, 0) is 0 Å². The van der Waals surface area contributed by atoms with E-state index in [0.717, 1.165) is 23.1 Å². The van der Waals surface area contributed by atoms with E-state index in [1.165, 1.54) is 11.3 Å². The number of nitrogens with zero attached hydrogens (tertiary/aromatic N) is 2. The number of hydrogen-bond acceptors (Lipinski definition) is 5. The van der Waals surface area contributed by atoms with Gasteiger partial charge in [0.2, 0.25) is 0 Å². The number of nitriles is 1. The SMILES string of the molecule is CCSCCC(C)Nc1nc(Cl)c(C#N)s1. The van der Waals surface area contributed by atoms with Gasteiger partial charge in [0.25, 0.3) is 0 Å². The molecule has 0 saturated heterocycles. The quantitative estimate of drug-likeness (QED) is 0.806. The fourth-order valence-electron chi connectivity index (χ4n) is 1.12. The summed E-state index contributed by atoms with van der Waals surface area (Å²) in [5, 5.41) is 13.0. The lowest BCUT2D eigenvalue weighted by molar-refractivity contribution is 0.770. The Kier molecular flexibility index (Phi) is 5.96. The van der Waals surface area contributed by atoms with Gasteiger partial charge >= 0.3 is 0 Å². The Balaban J connectivity index is 2.44. The molecular weight excluding hydrogens is 262 g/mol. The molecule has 0 amide bonds. The van der Waals surface area contributed by atoms with E-state index in [9.17, 15) is 0 Å². The zero-order valence-corrected chi connectivity index (χ0v) is 11.7. The smallest absolute Gasteiger partial charge is 0.185 e. The average molecular weight is 276 g/mol. The van der Waals surface area contributed by atoms with Crippen LogP contribution in [0.15, 0.2) is 0 Å². The van der Waals surface area contributed by atoms with Gasteiger partial charge in [-0.15, -0.1) is 0 Å². The van der Waals surface area contributed by atoms with Gasteiger partial charge in [-0.3, -0.25) is 0 Å². The molecule has 0 aliphatic rings. The van der Waals surface area contributed by atoms with Gasteiger partial charge in [0.1, 0.15) is 10.9 Å². The number of thioether (sulfide) groups is 1. The van der Waals surface area contributed by atoms with Crippen molar-refractivity contribution in [3.05, 3.63) is 10.0 Å². The van der Waals surface area contributed by atoms with Crippen LogP contribution in [-0.4, -0.2) is 22.5 Å². The van der Waals surface area contributed by atoms with E-state index in [2.05, 4.69) is 24.1 Å². The highest BCUT2D eigenvalue weighted by atomic mass is 35.5. The van der Waals surface area contributed by atoms with E-state index in [4.69, 9.17) is 16.9 Å². The molecule has 0 bridgehead atoms. The summed E-state index contributed by atoms with van der Waals surface area (Å²) < 4.78 is 0. The molecule has 1 atom stereocenters. The molecule has 1 heterocycles. The maximum Gasteiger partial charge on any atom is 0.185 e. The summed E-state index contributed by atoms with van der Waals surface area (Å²) >= 11 is 9.02. The molecule has 0 radical (unpaired) electrons. The summed E-state index contributed by atoms with van der Waals surface area (Å²) in [5.41, 5.74) is 0. The van der Waals surface area contributed by atoms with Crippen LogP contribution >= 0.6 is 34.7 Å². The minimum absolute atomic E-state index is 0.296. The van der Waals surface area contributed by atoms with E-state index in [-0.39, 0.29) is 0 Å². The Morgan fingerprint density at radius 1 is 1.69 bits per heavy atom. The number of aromatic nitrogens is 1. The van der Waals surface area contributed by atoms with E-state index >= 15 is 0 Å². The molecule has 0 fully saturated rings. The van der Waals surface area contributed by atoms with Gasteiger partial charge in [-0.2, -0.15) is 17.0 Å². The number of halogens is 1. The fourth-order valence-corrected chi connectivity index (χ4v) is 2.99. The summed E-state index contributed by atoms with van der Waals surface area (Å²) in [6.07, 6.45) is 1.08. The van der Waals surface area contributed by atoms with Crippen LogP contribution in [0.1, 0.15) is 25.1 Å². The second-order valence-corrected chi connectivity index (χ2v) is 6.03. The third kappa shape index (κ3) is 4.20. The highest BCUT2D eigenvalue weighted by Crippen LogP contribution is 2.26. The summed E-state index contributed by atoms with van der Waals surface area (Å²) in [6, 6.07) is 2.38. The normalized spacial score (nSPS) is 12.1. The van der Waals surface area contributed by atoms with Crippen molar-refractivity contribution in [2.45, 2.75) is 26.3 Å². The molecule has 0 aromatic carbocycles. The molecule has 1 rings (SSSR count). The third-order valence-corrected chi connectivity index (χ3v) is 4.17. The zero-order chi connectivity index (χ0) is 12.0. The molecule has 1 N–H and O–H groups in total. The molecule has 6 heteroatoms. The molecule has 16 heavy (non-hydrogen) atoms. The first-order valence-corrected chi connectivity index (χ1v) is 7.43. The predicted molar refractivity (Wildman–Crippen MR) is 72.5 cm³/mol. The van der Waals surface area contributed by atoms with E-state index in [0.29, 0.717) is 16.1 Å². The molecule has 0 saturated carbocycles. The van der Waals surface area contributed by atoms with Gasteiger partial charge < -0.3 is 5.32 Å².